The summed E-state index contributed by atoms with van der Waals surface area (Å²) < 4.78 is 19.9. The van der Waals surface area contributed by atoms with Gasteiger partial charge in [-0.05, 0) is 44.5 Å². The van der Waals surface area contributed by atoms with Crippen LogP contribution in [-0.4, -0.2) is 84.1 Å². The van der Waals surface area contributed by atoms with Crippen LogP contribution in [0.3, 0.4) is 0 Å². The minimum atomic E-state index is 0.234. The van der Waals surface area contributed by atoms with Crippen molar-refractivity contribution in [2.45, 2.75) is 25.7 Å². The Bertz CT molecular complexity index is 1830. The molecule has 4 aromatic carbocycles. The number of nitrogens with zero attached hydrogens (tertiary/aromatic N) is 1. The molecule has 0 atom stereocenters. The van der Waals surface area contributed by atoms with Gasteiger partial charge in [-0.1, -0.05) is 109 Å². The fourth-order valence-electron chi connectivity index (χ4n) is 7.02. The van der Waals surface area contributed by atoms with Gasteiger partial charge in [-0.15, -0.1) is 0 Å². The minimum absolute atomic E-state index is 0.234. The van der Waals surface area contributed by atoms with Crippen molar-refractivity contribution in [3.8, 4) is 23.0 Å². The monoisotopic (exact) mass is 738 g/mol. The standard InChI is InChI=1S/C40H42N4O4S3/c45-37-26-5-1-6-27(37)20-29-8-3-10-31-22-33-12-4-11-32-21-30-9-2-7-28(19-26)38(30)46-23-34(49)41-13-16-44(17-14-42-35(50)24-47-39(29)31)18-15-43-36(51)25-48-40(32)33/h1-12,45H,13-25H2,(H,41,49)(H,42,50)(H,43,51). The number of benzene rings is 4. The molecule has 3 aliphatic rings. The largest absolute Gasteiger partial charge is 0.507 e. The summed E-state index contributed by atoms with van der Waals surface area (Å²) in [6.45, 7) is 5.03. The SMILES string of the molecule is Oc1c2cccc1Cc1cccc3c1OCC(=S)NCCN1CCNC(=S)COc4c(cccc4Cc4cccc(c4OCC(=S)NCC1)C3)C2. The van der Waals surface area contributed by atoms with Crippen molar-refractivity contribution in [3.05, 3.63) is 117 Å². The van der Waals surface area contributed by atoms with Crippen molar-refractivity contribution in [1.82, 2.24) is 20.9 Å². The van der Waals surface area contributed by atoms with Gasteiger partial charge in [0.25, 0.3) is 0 Å². The lowest BCUT2D eigenvalue weighted by atomic mass is 9.91. The average Bonchev–Trinajstić information content (AvgIpc) is 3.11. The molecule has 0 amide bonds. The van der Waals surface area contributed by atoms with Gasteiger partial charge < -0.3 is 35.3 Å². The molecule has 1 aliphatic carbocycles. The van der Waals surface area contributed by atoms with Crippen LogP contribution >= 0.6 is 36.7 Å². The van der Waals surface area contributed by atoms with E-state index in [-0.39, 0.29) is 25.6 Å². The number of fused-ring (bicyclic) bond motifs is 8. The average molecular weight is 739 g/mol. The summed E-state index contributed by atoms with van der Waals surface area (Å²) in [6.07, 6.45) is 2.06. The third kappa shape index (κ3) is 8.61. The molecule has 2 heterocycles. The number of aromatic hydroxyl groups is 1. The first-order valence-corrected chi connectivity index (χ1v) is 18.7. The van der Waals surface area contributed by atoms with Crippen LogP contribution in [-0.2, 0) is 25.7 Å². The number of ether oxygens (including phenoxy) is 3. The molecule has 4 aromatic rings. The minimum Gasteiger partial charge on any atom is -0.507 e. The summed E-state index contributed by atoms with van der Waals surface area (Å²) in [5.74, 6) is 2.59. The van der Waals surface area contributed by atoms with Gasteiger partial charge in [0, 0.05) is 65.0 Å². The summed E-state index contributed by atoms with van der Waals surface area (Å²) in [5.41, 5.74) is 7.60. The van der Waals surface area contributed by atoms with Crippen molar-refractivity contribution in [1.29, 1.82) is 0 Å². The van der Waals surface area contributed by atoms with E-state index in [4.69, 9.17) is 50.9 Å². The second-order valence-electron chi connectivity index (χ2n) is 13.1. The second-order valence-corrected chi connectivity index (χ2v) is 14.6. The second kappa shape index (κ2) is 16.4. The Hall–Kier alpha value is -4.29. The lowest BCUT2D eigenvalue weighted by Gasteiger charge is -2.25. The van der Waals surface area contributed by atoms with Crippen LogP contribution in [0.2, 0.25) is 0 Å². The van der Waals surface area contributed by atoms with Crippen molar-refractivity contribution in [3.63, 3.8) is 0 Å². The highest BCUT2D eigenvalue weighted by molar-refractivity contribution is 7.80. The predicted molar refractivity (Wildman–Crippen MR) is 213 cm³/mol. The number of rotatable bonds is 0. The predicted octanol–water partition coefficient (Wildman–Crippen LogP) is 5.29. The van der Waals surface area contributed by atoms with E-state index in [1.807, 2.05) is 18.2 Å². The summed E-state index contributed by atoms with van der Waals surface area (Å²) in [7, 11) is 0. The zero-order valence-electron chi connectivity index (χ0n) is 28.5. The molecule has 4 N–H and O–H groups in total. The number of thiocarbonyl (C=S) groups is 3. The smallest absolute Gasteiger partial charge is 0.138 e. The summed E-state index contributed by atoms with van der Waals surface area (Å²) in [6, 6.07) is 24.7. The molecular weight excluding hydrogens is 697 g/mol. The molecule has 12 bridgehead atoms. The van der Waals surface area contributed by atoms with Crippen LogP contribution in [0, 0.1) is 0 Å². The molecule has 0 radical (unpaired) electrons. The number of nitrogens with one attached hydrogen (secondary N) is 3. The normalized spacial score (nSPS) is 17.5. The van der Waals surface area contributed by atoms with E-state index in [1.165, 1.54) is 0 Å². The first kappa shape index (κ1) is 35.1. The van der Waals surface area contributed by atoms with Crippen LogP contribution in [0.5, 0.6) is 23.0 Å². The maximum absolute atomic E-state index is 11.7. The van der Waals surface area contributed by atoms with E-state index in [9.17, 15) is 5.11 Å². The summed E-state index contributed by atoms with van der Waals surface area (Å²) >= 11 is 17.4. The fraction of sp³-hybridized carbons (Fsp3) is 0.325. The molecule has 264 valence electrons. The molecule has 0 aromatic heterocycles. The topological polar surface area (TPSA) is 87.3 Å². The van der Waals surface area contributed by atoms with Gasteiger partial charge in [0.05, 0.1) is 0 Å². The van der Waals surface area contributed by atoms with Crippen LogP contribution in [0.1, 0.15) is 44.5 Å². The molecule has 0 saturated heterocycles. The van der Waals surface area contributed by atoms with Crippen LogP contribution in [0.25, 0.3) is 0 Å². The number of phenols is 1. The quantitative estimate of drug-likeness (QED) is 0.124. The van der Waals surface area contributed by atoms with Gasteiger partial charge in [0.1, 0.15) is 57.8 Å². The molecule has 51 heavy (non-hydrogen) atoms. The van der Waals surface area contributed by atoms with Gasteiger partial charge in [-0.3, -0.25) is 4.90 Å². The molecule has 0 saturated carbocycles. The van der Waals surface area contributed by atoms with Crippen molar-refractivity contribution >= 4 is 51.6 Å². The summed E-state index contributed by atoms with van der Waals surface area (Å²) in [5, 5.41) is 22.0. The lowest BCUT2D eigenvalue weighted by molar-refractivity contribution is 0.283. The zero-order chi connectivity index (χ0) is 35.2. The fourth-order valence-corrected chi connectivity index (χ4v) is 7.50. The Kier molecular flexibility index (Phi) is 11.3. The van der Waals surface area contributed by atoms with Gasteiger partial charge in [0.2, 0.25) is 0 Å². The molecule has 7 rings (SSSR count). The third-order valence-corrected chi connectivity index (χ3v) is 10.3. The Balaban J connectivity index is 1.44. The number of hydrogen-bond donors (Lipinski definition) is 4. The van der Waals surface area contributed by atoms with E-state index in [0.717, 1.165) is 81.4 Å². The summed E-state index contributed by atoms with van der Waals surface area (Å²) in [4.78, 5) is 4.25. The van der Waals surface area contributed by atoms with Crippen LogP contribution < -0.4 is 30.2 Å². The highest BCUT2D eigenvalue weighted by atomic mass is 32.1. The van der Waals surface area contributed by atoms with E-state index >= 15 is 0 Å². The lowest BCUT2D eigenvalue weighted by Crippen LogP contribution is -2.43. The maximum atomic E-state index is 11.7. The number of phenolic OH excluding ortho intramolecular Hbond substituents is 1. The first-order chi connectivity index (χ1) is 24.9. The van der Waals surface area contributed by atoms with Gasteiger partial charge >= 0.3 is 0 Å². The highest BCUT2D eigenvalue weighted by Crippen LogP contribution is 2.38. The van der Waals surface area contributed by atoms with Crippen LogP contribution in [0.15, 0.2) is 72.8 Å². The van der Waals surface area contributed by atoms with E-state index in [1.54, 1.807) is 0 Å². The van der Waals surface area contributed by atoms with Crippen molar-refractivity contribution in [2.75, 3.05) is 59.1 Å². The Morgan fingerprint density at radius 1 is 0.451 bits per heavy atom. The molecule has 8 nitrogen and oxygen atoms in total. The molecule has 0 fully saturated rings. The molecule has 2 aliphatic heterocycles. The molecule has 0 unspecified atom stereocenters. The Labute approximate surface area is 315 Å². The number of hydrogen-bond acceptors (Lipinski definition) is 8. The Morgan fingerprint density at radius 2 is 0.725 bits per heavy atom. The first-order valence-electron chi connectivity index (χ1n) is 17.4. The van der Waals surface area contributed by atoms with Gasteiger partial charge in [-0.25, -0.2) is 0 Å². The van der Waals surface area contributed by atoms with Gasteiger partial charge in [0.15, 0.2) is 0 Å². The van der Waals surface area contributed by atoms with Gasteiger partial charge in [-0.2, -0.15) is 0 Å². The molecule has 11 heteroatoms. The maximum Gasteiger partial charge on any atom is 0.138 e. The number of para-hydroxylation sites is 4. The Morgan fingerprint density at radius 3 is 1.04 bits per heavy atom. The van der Waals surface area contributed by atoms with E-state index in [2.05, 4.69) is 75.4 Å². The van der Waals surface area contributed by atoms with E-state index in [0.29, 0.717) is 60.3 Å². The zero-order valence-corrected chi connectivity index (χ0v) is 30.9. The molecule has 0 spiro atoms. The molecular formula is C40H42N4O4S3. The van der Waals surface area contributed by atoms with Crippen molar-refractivity contribution in [2.24, 2.45) is 0 Å². The third-order valence-electron chi connectivity index (χ3n) is 9.55. The van der Waals surface area contributed by atoms with Crippen molar-refractivity contribution < 1.29 is 19.3 Å². The van der Waals surface area contributed by atoms with Crippen LogP contribution in [0.4, 0.5) is 0 Å². The van der Waals surface area contributed by atoms with E-state index < -0.39 is 0 Å². The highest BCUT2D eigenvalue weighted by Gasteiger charge is 2.22.